The number of amides is 1. The smallest absolute Gasteiger partial charge is 0.269 e. The number of hydrogen-bond acceptors (Lipinski definition) is 5. The first kappa shape index (κ1) is 17.9. The Hall–Kier alpha value is -2.45. The minimum absolute atomic E-state index is 0.0470. The molecule has 0 aromatic heterocycles. The highest BCUT2D eigenvalue weighted by Gasteiger charge is 2.07. The number of hydrazine groups is 1. The Bertz CT molecular complexity index is 735. The quantitative estimate of drug-likeness (QED) is 0.325. The third-order valence-corrected chi connectivity index (χ3v) is 3.96. The third kappa shape index (κ3) is 5.04. The maximum atomic E-state index is 11.1. The molecule has 0 aliphatic carbocycles. The average Bonchev–Trinajstić information content (AvgIpc) is 2.59. The molecule has 1 amide bonds. The fourth-order valence-electron chi connectivity index (χ4n) is 2.02. The second kappa shape index (κ2) is 8.42. The van der Waals surface area contributed by atoms with Gasteiger partial charge in [0.2, 0.25) is 5.91 Å². The molecular formula is C16H16BrN3O4. The number of non-ortho nitro benzene ring substituents is 1. The summed E-state index contributed by atoms with van der Waals surface area (Å²) in [6.45, 7) is 0.297. The largest absolute Gasteiger partial charge is 0.488 e. The lowest BCUT2D eigenvalue weighted by Crippen LogP contribution is -2.30. The highest BCUT2D eigenvalue weighted by molar-refractivity contribution is 9.10. The summed E-state index contributed by atoms with van der Waals surface area (Å²) in [4.78, 5) is 21.3. The number of nitrogens with two attached hydrogens (primary N) is 1. The van der Waals surface area contributed by atoms with Crippen LogP contribution < -0.4 is 16.0 Å². The lowest BCUT2D eigenvalue weighted by Gasteiger charge is -2.10. The predicted molar refractivity (Wildman–Crippen MR) is 92.2 cm³/mol. The normalized spacial score (nSPS) is 10.2. The van der Waals surface area contributed by atoms with Crippen LogP contribution in [0.2, 0.25) is 0 Å². The maximum absolute atomic E-state index is 11.1. The topological polar surface area (TPSA) is 107 Å². The number of halogens is 1. The van der Waals surface area contributed by atoms with Crippen molar-refractivity contribution >= 4 is 27.5 Å². The molecule has 2 aromatic rings. The second-order valence-electron chi connectivity index (χ2n) is 5.04. The van der Waals surface area contributed by atoms with Crippen molar-refractivity contribution in [2.24, 2.45) is 5.84 Å². The molecule has 0 aliphatic heterocycles. The van der Waals surface area contributed by atoms with E-state index in [0.717, 1.165) is 15.6 Å². The van der Waals surface area contributed by atoms with Gasteiger partial charge in [0.05, 0.1) is 9.40 Å². The Morgan fingerprint density at radius 3 is 2.46 bits per heavy atom. The van der Waals surface area contributed by atoms with E-state index in [1.54, 1.807) is 12.1 Å². The van der Waals surface area contributed by atoms with Crippen LogP contribution in [0.25, 0.3) is 0 Å². The highest BCUT2D eigenvalue weighted by Crippen LogP contribution is 2.27. The van der Waals surface area contributed by atoms with E-state index in [1.807, 2.05) is 18.2 Å². The molecule has 0 saturated heterocycles. The van der Waals surface area contributed by atoms with E-state index in [9.17, 15) is 14.9 Å². The molecule has 2 aromatic carbocycles. The van der Waals surface area contributed by atoms with Gasteiger partial charge in [-0.25, -0.2) is 5.84 Å². The SMILES string of the molecule is NNC(=O)CCc1ccc(OCc2ccc([N+](=O)[O-])cc2)c(Br)c1. The summed E-state index contributed by atoms with van der Waals surface area (Å²) in [5.74, 6) is 5.48. The molecule has 0 saturated carbocycles. The van der Waals surface area contributed by atoms with Gasteiger partial charge in [0.15, 0.2) is 0 Å². The minimum Gasteiger partial charge on any atom is -0.488 e. The van der Waals surface area contributed by atoms with Crippen LogP contribution >= 0.6 is 15.9 Å². The molecule has 0 spiro atoms. The van der Waals surface area contributed by atoms with Crippen molar-refractivity contribution in [2.75, 3.05) is 0 Å². The van der Waals surface area contributed by atoms with Crippen LogP contribution in [0.3, 0.4) is 0 Å². The Balaban J connectivity index is 1.95. The van der Waals surface area contributed by atoms with E-state index in [4.69, 9.17) is 10.6 Å². The van der Waals surface area contributed by atoms with E-state index in [-0.39, 0.29) is 11.6 Å². The van der Waals surface area contributed by atoms with Gasteiger partial charge in [-0.3, -0.25) is 20.3 Å². The van der Waals surface area contributed by atoms with Crippen LogP contribution in [0, 0.1) is 10.1 Å². The molecule has 0 heterocycles. The maximum Gasteiger partial charge on any atom is 0.269 e. The summed E-state index contributed by atoms with van der Waals surface area (Å²) in [7, 11) is 0. The molecule has 2 rings (SSSR count). The number of nitrogens with one attached hydrogen (secondary N) is 1. The van der Waals surface area contributed by atoms with E-state index in [2.05, 4.69) is 21.4 Å². The molecule has 7 nitrogen and oxygen atoms in total. The summed E-state index contributed by atoms with van der Waals surface area (Å²) in [5, 5.41) is 10.6. The number of rotatable bonds is 7. The Labute approximate surface area is 147 Å². The van der Waals surface area contributed by atoms with Crippen molar-refractivity contribution in [3.63, 3.8) is 0 Å². The Morgan fingerprint density at radius 2 is 1.88 bits per heavy atom. The summed E-state index contributed by atoms with van der Waals surface area (Å²) in [6.07, 6.45) is 0.885. The summed E-state index contributed by atoms with van der Waals surface area (Å²) in [6, 6.07) is 11.8. The zero-order chi connectivity index (χ0) is 17.5. The second-order valence-corrected chi connectivity index (χ2v) is 5.90. The van der Waals surface area contributed by atoms with Crippen LogP contribution in [-0.2, 0) is 17.8 Å². The molecule has 0 fully saturated rings. The minimum atomic E-state index is -0.440. The fourth-order valence-corrected chi connectivity index (χ4v) is 2.56. The molecular weight excluding hydrogens is 378 g/mol. The standard InChI is InChI=1S/C16H16BrN3O4/c17-14-9-11(4-8-16(21)19-18)3-7-15(14)24-10-12-1-5-13(6-2-12)20(22)23/h1-3,5-7,9H,4,8,10,18H2,(H,19,21). The number of ether oxygens (including phenoxy) is 1. The van der Waals surface area contributed by atoms with Crippen molar-refractivity contribution in [3.05, 3.63) is 68.2 Å². The van der Waals surface area contributed by atoms with Gasteiger partial charge in [0, 0.05) is 18.6 Å². The van der Waals surface area contributed by atoms with Crippen LogP contribution in [0.5, 0.6) is 5.75 Å². The van der Waals surface area contributed by atoms with E-state index in [1.165, 1.54) is 12.1 Å². The van der Waals surface area contributed by atoms with Crippen molar-refractivity contribution in [3.8, 4) is 5.75 Å². The average molecular weight is 394 g/mol. The van der Waals surface area contributed by atoms with Crippen LogP contribution in [0.1, 0.15) is 17.5 Å². The Morgan fingerprint density at radius 1 is 1.21 bits per heavy atom. The number of carbonyl (C=O) groups is 1. The number of nitrogens with zero attached hydrogens (tertiary/aromatic N) is 1. The monoisotopic (exact) mass is 393 g/mol. The first-order chi connectivity index (χ1) is 11.5. The van der Waals surface area contributed by atoms with Crippen molar-refractivity contribution in [2.45, 2.75) is 19.4 Å². The molecule has 0 unspecified atom stereocenters. The number of nitro groups is 1. The van der Waals surface area contributed by atoms with Gasteiger partial charge in [0.25, 0.3) is 5.69 Å². The molecule has 0 atom stereocenters. The molecule has 0 bridgehead atoms. The molecule has 0 radical (unpaired) electrons. The van der Waals surface area contributed by atoms with E-state index in [0.29, 0.717) is 25.2 Å². The van der Waals surface area contributed by atoms with Crippen LogP contribution in [0.15, 0.2) is 46.9 Å². The zero-order valence-electron chi connectivity index (χ0n) is 12.7. The number of benzene rings is 2. The van der Waals surface area contributed by atoms with Gasteiger partial charge >= 0.3 is 0 Å². The van der Waals surface area contributed by atoms with Gasteiger partial charge in [-0.05, 0) is 57.7 Å². The molecule has 24 heavy (non-hydrogen) atoms. The molecule has 8 heteroatoms. The molecule has 126 valence electrons. The van der Waals surface area contributed by atoms with E-state index < -0.39 is 4.92 Å². The third-order valence-electron chi connectivity index (χ3n) is 3.34. The molecule has 3 N–H and O–H groups in total. The van der Waals surface area contributed by atoms with Crippen molar-refractivity contribution in [1.82, 2.24) is 5.43 Å². The zero-order valence-corrected chi connectivity index (χ0v) is 14.3. The predicted octanol–water partition coefficient (Wildman–Crippen LogP) is 2.86. The fraction of sp³-hybridized carbons (Fsp3) is 0.188. The van der Waals surface area contributed by atoms with E-state index >= 15 is 0 Å². The van der Waals surface area contributed by atoms with Crippen LogP contribution in [-0.4, -0.2) is 10.8 Å². The van der Waals surface area contributed by atoms with Gasteiger partial charge in [-0.15, -0.1) is 0 Å². The number of carbonyl (C=O) groups excluding carboxylic acids is 1. The summed E-state index contributed by atoms with van der Waals surface area (Å²) >= 11 is 3.44. The number of hydrogen-bond donors (Lipinski definition) is 2. The van der Waals surface area contributed by atoms with Crippen LogP contribution in [0.4, 0.5) is 5.69 Å². The highest BCUT2D eigenvalue weighted by atomic mass is 79.9. The first-order valence-corrected chi connectivity index (χ1v) is 7.93. The Kier molecular flexibility index (Phi) is 6.28. The summed E-state index contributed by atoms with van der Waals surface area (Å²) < 4.78 is 6.48. The number of aryl methyl sites for hydroxylation is 1. The lowest BCUT2D eigenvalue weighted by atomic mass is 10.1. The molecule has 0 aliphatic rings. The van der Waals surface area contributed by atoms with Gasteiger partial charge < -0.3 is 4.74 Å². The summed E-state index contributed by atoms with van der Waals surface area (Å²) in [5.41, 5.74) is 3.95. The van der Waals surface area contributed by atoms with Crippen molar-refractivity contribution in [1.29, 1.82) is 0 Å². The first-order valence-electron chi connectivity index (χ1n) is 7.13. The lowest BCUT2D eigenvalue weighted by molar-refractivity contribution is -0.384. The van der Waals surface area contributed by atoms with Gasteiger partial charge in [0.1, 0.15) is 12.4 Å². The van der Waals surface area contributed by atoms with Crippen molar-refractivity contribution < 1.29 is 14.5 Å². The van der Waals surface area contributed by atoms with Gasteiger partial charge in [-0.1, -0.05) is 6.07 Å². The van der Waals surface area contributed by atoms with Gasteiger partial charge in [-0.2, -0.15) is 0 Å². The number of nitro benzene ring substituents is 1.